The number of rotatable bonds is 4. The summed E-state index contributed by atoms with van der Waals surface area (Å²) in [5.41, 5.74) is 9.39. The molecule has 1 amide bonds. The van der Waals surface area contributed by atoms with Crippen molar-refractivity contribution in [2.75, 3.05) is 7.05 Å². The van der Waals surface area contributed by atoms with Crippen molar-refractivity contribution in [1.29, 1.82) is 0 Å². The number of aliphatic imine (C=N–C) groups is 1. The number of benzene rings is 1. The zero-order valence-electron chi connectivity index (χ0n) is 15.2. The predicted octanol–water partition coefficient (Wildman–Crippen LogP) is 3.40. The maximum Gasteiger partial charge on any atom is 0.267 e. The summed E-state index contributed by atoms with van der Waals surface area (Å²) in [6.07, 6.45) is 2.68. The molecule has 6 heteroatoms. The zero-order valence-corrected chi connectivity index (χ0v) is 16.0. The minimum absolute atomic E-state index is 0.195. The van der Waals surface area contributed by atoms with E-state index in [1.54, 1.807) is 24.6 Å². The van der Waals surface area contributed by atoms with Gasteiger partial charge in [0.2, 0.25) is 5.54 Å². The third kappa shape index (κ3) is 2.73. The van der Waals surface area contributed by atoms with E-state index in [2.05, 4.69) is 28.3 Å². The molecule has 1 aliphatic rings. The summed E-state index contributed by atoms with van der Waals surface area (Å²) in [5.74, 6) is 0.00141. The lowest BCUT2D eigenvalue weighted by Crippen LogP contribution is -2.41. The lowest BCUT2D eigenvalue weighted by atomic mass is 9.84. The molecule has 4 rings (SSSR count). The number of hydrogen-bond acceptors (Lipinski definition) is 5. The van der Waals surface area contributed by atoms with Crippen molar-refractivity contribution in [2.24, 2.45) is 10.7 Å². The van der Waals surface area contributed by atoms with Crippen LogP contribution in [0.4, 0.5) is 0 Å². The Labute approximate surface area is 162 Å². The van der Waals surface area contributed by atoms with Crippen molar-refractivity contribution >= 4 is 23.2 Å². The Hall–Kier alpha value is -2.99. The number of nitrogens with zero attached hydrogens (tertiary/aromatic N) is 3. The third-order valence-electron chi connectivity index (χ3n) is 4.98. The second kappa shape index (κ2) is 6.63. The molecule has 0 saturated carbocycles. The summed E-state index contributed by atoms with van der Waals surface area (Å²) in [7, 11) is 1.64. The quantitative estimate of drug-likeness (QED) is 0.758. The zero-order chi connectivity index (χ0) is 19.0. The normalized spacial score (nSPS) is 19.4. The van der Waals surface area contributed by atoms with Crippen LogP contribution in [-0.4, -0.2) is 28.8 Å². The van der Waals surface area contributed by atoms with Gasteiger partial charge in [0.1, 0.15) is 0 Å². The average molecular weight is 376 g/mol. The fourth-order valence-electron chi connectivity index (χ4n) is 3.34. The second-order valence-corrected chi connectivity index (χ2v) is 7.32. The van der Waals surface area contributed by atoms with Gasteiger partial charge in [-0.3, -0.25) is 14.7 Å². The number of guanidine groups is 1. The largest absolute Gasteiger partial charge is 0.369 e. The molecule has 2 N–H and O–H groups in total. The highest BCUT2D eigenvalue weighted by atomic mass is 32.1. The highest BCUT2D eigenvalue weighted by Crippen LogP contribution is 2.39. The summed E-state index contributed by atoms with van der Waals surface area (Å²) in [6.45, 7) is 2.07. The fraction of sp³-hybridized carbons (Fsp3) is 0.190. The van der Waals surface area contributed by atoms with Crippen LogP contribution in [0.1, 0.15) is 23.7 Å². The van der Waals surface area contributed by atoms with E-state index in [-0.39, 0.29) is 11.9 Å². The number of thiophene rings is 1. The third-order valence-corrected chi connectivity index (χ3v) is 5.66. The molecule has 0 bridgehead atoms. The molecule has 1 unspecified atom stereocenters. The first-order valence-corrected chi connectivity index (χ1v) is 9.72. The molecule has 2 aromatic heterocycles. The van der Waals surface area contributed by atoms with Crippen molar-refractivity contribution in [3.63, 3.8) is 0 Å². The molecule has 5 nitrogen and oxygen atoms in total. The van der Waals surface area contributed by atoms with Crippen molar-refractivity contribution in [3.8, 4) is 11.1 Å². The Bertz CT molecular complexity index is 1010. The minimum atomic E-state index is -1.25. The lowest BCUT2D eigenvalue weighted by Gasteiger charge is -2.25. The molecule has 136 valence electrons. The predicted molar refractivity (Wildman–Crippen MR) is 109 cm³/mol. The molecule has 1 aromatic carbocycles. The molecule has 0 aliphatic carbocycles. The van der Waals surface area contributed by atoms with E-state index < -0.39 is 5.54 Å². The Morgan fingerprint density at radius 1 is 1.19 bits per heavy atom. The smallest absolute Gasteiger partial charge is 0.267 e. The van der Waals surface area contributed by atoms with E-state index in [9.17, 15) is 4.79 Å². The SMILES string of the molecule is CCc1ccc(C2(c3cccc(-c4ccsc4)c3)N=C(N)N(C)C2=O)nc1. The van der Waals surface area contributed by atoms with Gasteiger partial charge >= 0.3 is 0 Å². The number of amides is 1. The first-order chi connectivity index (χ1) is 13.1. The number of carbonyl (C=O) groups excluding carboxylic acids is 1. The number of nitrogens with two attached hydrogens (primary N) is 1. The maximum atomic E-state index is 13.3. The highest BCUT2D eigenvalue weighted by molar-refractivity contribution is 7.08. The molecule has 0 fully saturated rings. The van der Waals surface area contributed by atoms with E-state index in [1.165, 1.54) is 4.90 Å². The Kier molecular flexibility index (Phi) is 4.28. The standard InChI is InChI=1S/C21H20N4OS/c1-3-14-7-8-18(23-12-14)21(19(26)25(2)20(22)24-21)17-6-4-5-15(11-17)16-9-10-27-13-16/h4-13H,3H2,1-2H3,(H2,22,24). The van der Waals surface area contributed by atoms with Gasteiger partial charge in [-0.15, -0.1) is 0 Å². The van der Waals surface area contributed by atoms with Crippen LogP contribution in [0.25, 0.3) is 11.1 Å². The fourth-order valence-corrected chi connectivity index (χ4v) is 4.01. The van der Waals surface area contributed by atoms with Crippen LogP contribution in [-0.2, 0) is 16.8 Å². The summed E-state index contributed by atoms with van der Waals surface area (Å²) in [4.78, 5) is 23.9. The van der Waals surface area contributed by atoms with Crippen LogP contribution in [0, 0.1) is 0 Å². The molecule has 3 heterocycles. The van der Waals surface area contributed by atoms with E-state index in [1.807, 2.05) is 41.8 Å². The number of carbonyl (C=O) groups is 1. The summed E-state index contributed by atoms with van der Waals surface area (Å²) < 4.78 is 0. The molecule has 0 saturated heterocycles. The van der Waals surface area contributed by atoms with Gasteiger partial charge in [0.05, 0.1) is 5.69 Å². The van der Waals surface area contributed by atoms with Gasteiger partial charge in [-0.1, -0.05) is 31.2 Å². The lowest BCUT2D eigenvalue weighted by molar-refractivity contribution is -0.129. The number of likely N-dealkylation sites (N-methyl/N-ethyl adjacent to an activating group) is 1. The van der Waals surface area contributed by atoms with Gasteiger partial charge < -0.3 is 5.73 Å². The summed E-state index contributed by atoms with van der Waals surface area (Å²) >= 11 is 1.64. The Morgan fingerprint density at radius 2 is 2.04 bits per heavy atom. The molecule has 1 aliphatic heterocycles. The van der Waals surface area contributed by atoms with Gasteiger partial charge in [-0.05, 0) is 57.6 Å². The molecule has 0 spiro atoms. The van der Waals surface area contributed by atoms with Gasteiger partial charge in [0.15, 0.2) is 5.96 Å². The van der Waals surface area contributed by atoms with Gasteiger partial charge in [-0.25, -0.2) is 4.99 Å². The van der Waals surface area contributed by atoms with Crippen LogP contribution >= 0.6 is 11.3 Å². The van der Waals surface area contributed by atoms with E-state index >= 15 is 0 Å². The molecule has 3 aromatic rings. The monoisotopic (exact) mass is 376 g/mol. The second-order valence-electron chi connectivity index (χ2n) is 6.54. The number of aryl methyl sites for hydroxylation is 1. The average Bonchev–Trinajstić information content (AvgIpc) is 3.32. The number of hydrogen-bond donors (Lipinski definition) is 1. The minimum Gasteiger partial charge on any atom is -0.369 e. The van der Waals surface area contributed by atoms with Gasteiger partial charge in [0.25, 0.3) is 5.91 Å². The van der Waals surface area contributed by atoms with Crippen LogP contribution in [0.5, 0.6) is 0 Å². The first kappa shape index (κ1) is 17.4. The van der Waals surface area contributed by atoms with Gasteiger partial charge in [0, 0.05) is 13.2 Å². The summed E-state index contributed by atoms with van der Waals surface area (Å²) in [5, 5.41) is 4.12. The summed E-state index contributed by atoms with van der Waals surface area (Å²) in [6, 6.07) is 13.8. The Balaban J connectivity index is 1.92. The van der Waals surface area contributed by atoms with Crippen molar-refractivity contribution in [2.45, 2.75) is 18.9 Å². The van der Waals surface area contributed by atoms with Gasteiger partial charge in [-0.2, -0.15) is 11.3 Å². The van der Waals surface area contributed by atoms with Crippen LogP contribution < -0.4 is 5.73 Å². The van der Waals surface area contributed by atoms with Crippen molar-refractivity contribution in [1.82, 2.24) is 9.88 Å². The highest BCUT2D eigenvalue weighted by Gasteiger charge is 2.50. The molecular formula is C21H20N4OS. The van der Waals surface area contributed by atoms with Crippen LogP contribution in [0.2, 0.25) is 0 Å². The number of aromatic nitrogens is 1. The van der Waals surface area contributed by atoms with Crippen molar-refractivity contribution in [3.05, 3.63) is 76.2 Å². The van der Waals surface area contributed by atoms with E-state index in [4.69, 9.17) is 5.73 Å². The van der Waals surface area contributed by atoms with E-state index in [0.717, 1.165) is 28.7 Å². The van der Waals surface area contributed by atoms with Crippen molar-refractivity contribution < 1.29 is 4.79 Å². The molecule has 1 atom stereocenters. The first-order valence-electron chi connectivity index (χ1n) is 8.78. The number of pyridine rings is 1. The van der Waals surface area contributed by atoms with Crippen LogP contribution in [0.15, 0.2) is 64.4 Å². The molecule has 27 heavy (non-hydrogen) atoms. The topological polar surface area (TPSA) is 71.6 Å². The maximum absolute atomic E-state index is 13.3. The Morgan fingerprint density at radius 3 is 2.63 bits per heavy atom. The molecule has 0 radical (unpaired) electrons. The molecular weight excluding hydrogens is 356 g/mol. The van der Waals surface area contributed by atoms with E-state index in [0.29, 0.717) is 5.69 Å². The van der Waals surface area contributed by atoms with Crippen LogP contribution in [0.3, 0.4) is 0 Å².